The minimum absolute atomic E-state index is 0.130. The van der Waals surface area contributed by atoms with Gasteiger partial charge in [-0.3, -0.25) is 14.4 Å². The molecule has 174 valence electrons. The molecule has 34 heavy (non-hydrogen) atoms. The first kappa shape index (κ1) is 22.3. The van der Waals surface area contributed by atoms with E-state index in [1.54, 1.807) is 13.8 Å². The Hall–Kier alpha value is -3.47. The molecule has 3 aliphatic rings. The third-order valence-corrected chi connectivity index (χ3v) is 7.67. The number of allylic oxidation sites excluding steroid dienone is 2. The van der Waals surface area contributed by atoms with Gasteiger partial charge in [-0.15, -0.1) is 0 Å². The van der Waals surface area contributed by atoms with Gasteiger partial charge >= 0.3 is 11.9 Å². The van der Waals surface area contributed by atoms with Crippen molar-refractivity contribution >= 4 is 28.9 Å². The van der Waals surface area contributed by atoms with E-state index in [0.717, 1.165) is 22.3 Å². The Morgan fingerprint density at radius 3 is 1.41 bits per heavy atom. The second-order valence-electron chi connectivity index (χ2n) is 9.55. The first-order valence-corrected chi connectivity index (χ1v) is 11.8. The predicted molar refractivity (Wildman–Crippen MR) is 128 cm³/mol. The highest BCUT2D eigenvalue weighted by atomic mass is 16.5. The molecule has 0 saturated heterocycles. The van der Waals surface area contributed by atoms with Crippen LogP contribution in [-0.2, 0) is 23.9 Å². The zero-order valence-corrected chi connectivity index (χ0v) is 19.5. The molecule has 1 saturated carbocycles. The van der Waals surface area contributed by atoms with Gasteiger partial charge in [-0.2, -0.15) is 0 Å². The Labute approximate surface area is 199 Å². The Kier molecular flexibility index (Phi) is 5.51. The molecule has 0 aromatic heterocycles. The third kappa shape index (κ3) is 3.10. The summed E-state index contributed by atoms with van der Waals surface area (Å²) in [6.45, 7) is 4.03. The molecule has 2 unspecified atom stereocenters. The SMILES string of the molecule is C[C@]12C(=O)[C@](C)(C(c3ccccc3)=C1c1ccccc1)C1C(=O)OCC/C=C\CCOC(=O)C12. The summed E-state index contributed by atoms with van der Waals surface area (Å²) < 4.78 is 11.3. The summed E-state index contributed by atoms with van der Waals surface area (Å²) in [6.07, 6.45) is 4.99. The lowest BCUT2D eigenvalue weighted by atomic mass is 9.62. The minimum Gasteiger partial charge on any atom is -0.465 e. The third-order valence-electron chi connectivity index (χ3n) is 7.67. The van der Waals surface area contributed by atoms with E-state index in [0.29, 0.717) is 12.8 Å². The molecule has 5 nitrogen and oxygen atoms in total. The fourth-order valence-electron chi connectivity index (χ4n) is 6.26. The summed E-state index contributed by atoms with van der Waals surface area (Å²) in [4.78, 5) is 41.4. The molecule has 1 fully saturated rings. The number of esters is 2. The van der Waals surface area contributed by atoms with Crippen LogP contribution in [0.25, 0.3) is 11.1 Å². The van der Waals surface area contributed by atoms with E-state index < -0.39 is 34.6 Å². The van der Waals surface area contributed by atoms with Crippen LogP contribution in [0, 0.1) is 22.7 Å². The monoisotopic (exact) mass is 456 g/mol. The highest BCUT2D eigenvalue weighted by molar-refractivity contribution is 6.26. The number of benzene rings is 2. The van der Waals surface area contributed by atoms with Gasteiger partial charge in [-0.05, 0) is 49.0 Å². The maximum absolute atomic E-state index is 14.3. The van der Waals surface area contributed by atoms with Crippen molar-refractivity contribution in [2.75, 3.05) is 13.2 Å². The summed E-state index contributed by atoms with van der Waals surface area (Å²) in [6, 6.07) is 19.4. The molecule has 2 aliphatic carbocycles. The molecule has 0 spiro atoms. The highest BCUT2D eigenvalue weighted by Gasteiger charge is 2.76. The highest BCUT2D eigenvalue weighted by Crippen LogP contribution is 2.71. The van der Waals surface area contributed by atoms with E-state index in [1.165, 1.54) is 0 Å². The largest absolute Gasteiger partial charge is 0.465 e. The van der Waals surface area contributed by atoms with Crippen LogP contribution in [0.5, 0.6) is 0 Å². The van der Waals surface area contributed by atoms with E-state index in [1.807, 2.05) is 72.8 Å². The second-order valence-corrected chi connectivity index (χ2v) is 9.55. The van der Waals surface area contributed by atoms with Gasteiger partial charge in [0, 0.05) is 0 Å². The van der Waals surface area contributed by atoms with Crippen LogP contribution < -0.4 is 0 Å². The quantitative estimate of drug-likeness (QED) is 0.476. The number of Topliss-reactive ketones (excluding diaryl/α,β-unsaturated/α-hetero) is 1. The number of carbonyl (C=O) groups excluding carboxylic acids is 3. The Balaban J connectivity index is 1.78. The molecule has 5 rings (SSSR count). The fraction of sp³-hybridized carbons (Fsp3) is 0.345. The minimum atomic E-state index is -1.22. The first-order valence-electron chi connectivity index (χ1n) is 11.8. The van der Waals surface area contributed by atoms with Gasteiger partial charge in [0.25, 0.3) is 0 Å². The molecule has 2 bridgehead atoms. The van der Waals surface area contributed by atoms with Crippen molar-refractivity contribution in [2.24, 2.45) is 22.7 Å². The predicted octanol–water partition coefficient (Wildman–Crippen LogP) is 4.88. The normalized spacial score (nSPS) is 32.4. The molecule has 1 aliphatic heterocycles. The smallest absolute Gasteiger partial charge is 0.311 e. The number of ether oxygens (including phenoxy) is 2. The summed E-state index contributed by atoms with van der Waals surface area (Å²) in [7, 11) is 0. The van der Waals surface area contributed by atoms with Crippen LogP contribution in [0.15, 0.2) is 72.8 Å². The zero-order chi connectivity index (χ0) is 23.9. The first-order chi connectivity index (χ1) is 16.4. The van der Waals surface area contributed by atoms with E-state index in [-0.39, 0.29) is 19.0 Å². The molecule has 0 N–H and O–H groups in total. The van der Waals surface area contributed by atoms with Crippen LogP contribution in [0.1, 0.15) is 37.8 Å². The molecule has 5 heteroatoms. The molecule has 1 heterocycles. The van der Waals surface area contributed by atoms with E-state index >= 15 is 0 Å². The van der Waals surface area contributed by atoms with Crippen molar-refractivity contribution in [1.82, 2.24) is 0 Å². The molecular weight excluding hydrogens is 428 g/mol. The second kappa shape index (κ2) is 8.39. The Bertz CT molecular complexity index is 1100. The molecule has 2 aromatic carbocycles. The zero-order valence-electron chi connectivity index (χ0n) is 19.5. The standard InChI is InChI=1S/C29H28O5/c1-28-21(19-13-7-5-8-14-19)22(20-15-9-6-10-16-20)29(2,27(28)32)24-23(28)25(30)33-17-11-3-4-12-18-34-26(24)31/h3-10,13-16,23-24H,11-12,17-18H2,1-2H3/b4-3-/t23?,24?,28-,29+. The van der Waals surface area contributed by atoms with Crippen LogP contribution in [0.3, 0.4) is 0 Å². The van der Waals surface area contributed by atoms with Gasteiger partial charge in [-0.25, -0.2) is 0 Å². The van der Waals surface area contributed by atoms with Crippen molar-refractivity contribution in [3.05, 3.63) is 83.9 Å². The number of carbonyl (C=O) groups is 3. The van der Waals surface area contributed by atoms with E-state index in [4.69, 9.17) is 9.47 Å². The van der Waals surface area contributed by atoms with Crippen molar-refractivity contribution < 1.29 is 23.9 Å². The lowest BCUT2D eigenvalue weighted by Crippen LogP contribution is -2.44. The van der Waals surface area contributed by atoms with Gasteiger partial charge in [0.05, 0.1) is 35.9 Å². The van der Waals surface area contributed by atoms with Gasteiger partial charge in [0.2, 0.25) is 0 Å². The number of rotatable bonds is 2. The topological polar surface area (TPSA) is 69.7 Å². The maximum atomic E-state index is 14.3. The average Bonchev–Trinajstić information content (AvgIpc) is 3.14. The van der Waals surface area contributed by atoms with Gasteiger partial charge in [0.15, 0.2) is 5.78 Å². The lowest BCUT2D eigenvalue weighted by Gasteiger charge is -2.39. The summed E-state index contributed by atoms with van der Waals surface area (Å²) in [5.41, 5.74) is 0.892. The summed E-state index contributed by atoms with van der Waals surface area (Å²) >= 11 is 0. The van der Waals surface area contributed by atoms with Crippen molar-refractivity contribution in [2.45, 2.75) is 26.7 Å². The van der Waals surface area contributed by atoms with Crippen LogP contribution >= 0.6 is 0 Å². The Morgan fingerprint density at radius 1 is 0.647 bits per heavy atom. The molecular formula is C29H28O5. The molecule has 4 atom stereocenters. The molecule has 0 amide bonds. The number of cyclic esters (lactones) is 2. The van der Waals surface area contributed by atoms with Crippen LogP contribution in [0.4, 0.5) is 0 Å². The van der Waals surface area contributed by atoms with Crippen molar-refractivity contribution in [3.8, 4) is 0 Å². The van der Waals surface area contributed by atoms with Gasteiger partial charge in [-0.1, -0.05) is 72.8 Å². The van der Waals surface area contributed by atoms with E-state index in [2.05, 4.69) is 0 Å². The number of ketones is 1. The summed E-state index contributed by atoms with van der Waals surface area (Å²) in [5, 5.41) is 0. The fourth-order valence-corrected chi connectivity index (χ4v) is 6.26. The van der Waals surface area contributed by atoms with Crippen molar-refractivity contribution in [1.29, 1.82) is 0 Å². The number of hydrogen-bond acceptors (Lipinski definition) is 5. The molecule has 2 aromatic rings. The van der Waals surface area contributed by atoms with E-state index in [9.17, 15) is 14.4 Å². The Morgan fingerprint density at radius 2 is 1.03 bits per heavy atom. The lowest BCUT2D eigenvalue weighted by molar-refractivity contribution is -0.164. The maximum Gasteiger partial charge on any atom is 0.311 e. The number of hydrogen-bond donors (Lipinski definition) is 0. The summed E-state index contributed by atoms with van der Waals surface area (Å²) in [5.74, 6) is -3.08. The van der Waals surface area contributed by atoms with Crippen molar-refractivity contribution in [3.63, 3.8) is 0 Å². The van der Waals surface area contributed by atoms with Crippen LogP contribution in [-0.4, -0.2) is 30.9 Å². The van der Waals surface area contributed by atoms with Crippen LogP contribution in [0.2, 0.25) is 0 Å². The average molecular weight is 457 g/mol. The van der Waals surface area contributed by atoms with Gasteiger partial charge in [0.1, 0.15) is 0 Å². The van der Waals surface area contributed by atoms with Gasteiger partial charge < -0.3 is 9.47 Å². The number of fused-ring (bicyclic) bond motifs is 5. The molecule has 0 radical (unpaired) electrons.